The van der Waals surface area contributed by atoms with E-state index in [1.807, 2.05) is 25.7 Å². The molecule has 59 valence electrons. The molecule has 2 nitrogen and oxygen atoms in total. The number of carboxylic acid groups (broad SMARTS) is 1. The Hall–Kier alpha value is -0.530. The molecule has 0 atom stereocenters. The van der Waals surface area contributed by atoms with E-state index in [9.17, 15) is 4.79 Å². The number of carboxylic acids is 1. The van der Waals surface area contributed by atoms with Gasteiger partial charge in [-0.25, -0.2) is 0 Å². The maximum absolute atomic E-state index is 10.1. The van der Waals surface area contributed by atoms with E-state index in [-0.39, 0.29) is 6.42 Å². The quantitative estimate of drug-likeness (QED) is 0.663. The molecule has 0 bridgehead atoms. The first-order valence-corrected chi connectivity index (χ1v) is 3.71. The molecule has 2 heteroatoms. The zero-order valence-corrected chi connectivity index (χ0v) is 6.29. The molecule has 5 radical (unpaired) electrons. The van der Waals surface area contributed by atoms with Crippen molar-refractivity contribution < 1.29 is 9.90 Å². The average molecular weight is 151 g/mol. The van der Waals surface area contributed by atoms with Crippen LogP contribution in [0.3, 0.4) is 0 Å². The van der Waals surface area contributed by atoms with E-state index in [2.05, 4.69) is 0 Å². The van der Waals surface area contributed by atoms with Crippen molar-refractivity contribution in [2.24, 2.45) is 0 Å². The standard InChI is InChI=1S/C9H11O2/c10-9(11)7-3-6-8-4-1-2-5-8/h1-2,4-5H,3,6-7H2,(H,10,11). The molecule has 1 aliphatic carbocycles. The second kappa shape index (κ2) is 4.37. The summed E-state index contributed by atoms with van der Waals surface area (Å²) in [6.07, 6.45) is 9.85. The molecule has 0 aromatic carbocycles. The molecule has 1 aliphatic rings. The molecule has 1 N–H and O–H groups in total. The number of carbonyl (C=O) groups is 1. The third-order valence-corrected chi connectivity index (χ3v) is 1.59. The lowest BCUT2D eigenvalue weighted by Gasteiger charge is -2.04. The fraction of sp³-hybridized carbons (Fsp3) is 0.333. The summed E-state index contributed by atoms with van der Waals surface area (Å²) in [7, 11) is 0. The van der Waals surface area contributed by atoms with E-state index in [1.165, 1.54) is 5.92 Å². The zero-order valence-electron chi connectivity index (χ0n) is 6.29. The first kappa shape index (κ1) is 8.57. The topological polar surface area (TPSA) is 37.3 Å². The van der Waals surface area contributed by atoms with Crippen molar-refractivity contribution in [1.29, 1.82) is 0 Å². The third-order valence-electron chi connectivity index (χ3n) is 1.59. The summed E-state index contributed by atoms with van der Waals surface area (Å²) < 4.78 is 0. The number of rotatable bonds is 4. The Balaban J connectivity index is 1.98. The summed E-state index contributed by atoms with van der Waals surface area (Å²) in [5.41, 5.74) is 0. The van der Waals surface area contributed by atoms with Gasteiger partial charge in [0.25, 0.3) is 0 Å². The second-order valence-corrected chi connectivity index (χ2v) is 2.54. The largest absolute Gasteiger partial charge is 0.481 e. The van der Waals surface area contributed by atoms with Crippen LogP contribution in [-0.2, 0) is 4.79 Å². The van der Waals surface area contributed by atoms with E-state index < -0.39 is 5.97 Å². The smallest absolute Gasteiger partial charge is 0.303 e. The van der Waals surface area contributed by atoms with Crippen LogP contribution in [0.1, 0.15) is 19.3 Å². The van der Waals surface area contributed by atoms with Gasteiger partial charge in [0.1, 0.15) is 0 Å². The normalized spacial score (nSPS) is 18.9. The SMILES string of the molecule is O=C(O)CCC[C]1[CH][CH][CH][CH]1. The Bertz CT molecular complexity index is 126. The van der Waals surface area contributed by atoms with E-state index in [0.29, 0.717) is 0 Å². The lowest BCUT2D eigenvalue weighted by molar-refractivity contribution is -0.137. The van der Waals surface area contributed by atoms with E-state index in [4.69, 9.17) is 5.11 Å². The predicted octanol–water partition coefficient (Wildman–Crippen LogP) is 1.65. The van der Waals surface area contributed by atoms with Gasteiger partial charge in [0.05, 0.1) is 0 Å². The van der Waals surface area contributed by atoms with Crippen LogP contribution in [0.5, 0.6) is 0 Å². The van der Waals surface area contributed by atoms with Crippen LogP contribution in [0.25, 0.3) is 0 Å². The third kappa shape index (κ3) is 3.40. The first-order valence-electron chi connectivity index (χ1n) is 3.71. The minimum Gasteiger partial charge on any atom is -0.481 e. The van der Waals surface area contributed by atoms with Crippen LogP contribution in [-0.4, -0.2) is 11.1 Å². The van der Waals surface area contributed by atoms with Crippen LogP contribution < -0.4 is 0 Å². The van der Waals surface area contributed by atoms with E-state index >= 15 is 0 Å². The highest BCUT2D eigenvalue weighted by Crippen LogP contribution is 2.27. The van der Waals surface area contributed by atoms with Crippen LogP contribution in [0.4, 0.5) is 0 Å². The maximum atomic E-state index is 10.1. The van der Waals surface area contributed by atoms with Crippen LogP contribution in [0, 0.1) is 31.6 Å². The maximum Gasteiger partial charge on any atom is 0.303 e. The average Bonchev–Trinajstić information content (AvgIpc) is 2.39. The Morgan fingerprint density at radius 1 is 1.36 bits per heavy atom. The predicted molar refractivity (Wildman–Crippen MR) is 41.9 cm³/mol. The molecule has 1 fully saturated rings. The Morgan fingerprint density at radius 2 is 2.00 bits per heavy atom. The first-order chi connectivity index (χ1) is 5.29. The molecule has 0 aromatic heterocycles. The highest BCUT2D eigenvalue weighted by Gasteiger charge is 2.16. The molecule has 0 heterocycles. The van der Waals surface area contributed by atoms with Crippen molar-refractivity contribution >= 4 is 5.97 Å². The molecule has 0 spiro atoms. The molecule has 0 unspecified atom stereocenters. The van der Waals surface area contributed by atoms with Crippen molar-refractivity contribution in [3.8, 4) is 0 Å². The monoisotopic (exact) mass is 151 g/mol. The molecular weight excluding hydrogens is 140 g/mol. The van der Waals surface area contributed by atoms with Gasteiger partial charge in [-0.1, -0.05) is 0 Å². The summed E-state index contributed by atoms with van der Waals surface area (Å²) in [5.74, 6) is 0.516. The minimum absolute atomic E-state index is 0.269. The van der Waals surface area contributed by atoms with Gasteiger partial charge in [-0.05, 0) is 44.4 Å². The van der Waals surface area contributed by atoms with Gasteiger partial charge in [0.15, 0.2) is 0 Å². The fourth-order valence-corrected chi connectivity index (χ4v) is 1.02. The molecule has 11 heavy (non-hydrogen) atoms. The summed E-state index contributed by atoms with van der Waals surface area (Å²) >= 11 is 0. The second-order valence-electron chi connectivity index (χ2n) is 2.54. The highest BCUT2D eigenvalue weighted by atomic mass is 16.4. The van der Waals surface area contributed by atoms with Crippen LogP contribution in [0.15, 0.2) is 0 Å². The summed E-state index contributed by atoms with van der Waals surface area (Å²) in [4.78, 5) is 10.1. The Morgan fingerprint density at radius 3 is 2.55 bits per heavy atom. The number of hydrogen-bond acceptors (Lipinski definition) is 1. The summed E-state index contributed by atoms with van der Waals surface area (Å²) in [6.45, 7) is 0. The van der Waals surface area contributed by atoms with Gasteiger partial charge in [0, 0.05) is 6.42 Å². The lowest BCUT2D eigenvalue weighted by atomic mass is 10.0. The van der Waals surface area contributed by atoms with Crippen molar-refractivity contribution in [1.82, 2.24) is 0 Å². The van der Waals surface area contributed by atoms with Gasteiger partial charge < -0.3 is 5.11 Å². The van der Waals surface area contributed by atoms with E-state index in [1.54, 1.807) is 0 Å². The summed E-state index contributed by atoms with van der Waals surface area (Å²) in [5, 5.41) is 8.34. The Kier molecular flexibility index (Phi) is 3.40. The van der Waals surface area contributed by atoms with Crippen LogP contribution >= 0.6 is 0 Å². The van der Waals surface area contributed by atoms with Crippen molar-refractivity contribution in [2.75, 3.05) is 0 Å². The summed E-state index contributed by atoms with van der Waals surface area (Å²) in [6, 6.07) is 0. The van der Waals surface area contributed by atoms with Crippen molar-refractivity contribution in [3.63, 3.8) is 0 Å². The number of aliphatic carboxylic acids is 1. The Labute approximate surface area is 67.6 Å². The van der Waals surface area contributed by atoms with Gasteiger partial charge in [-0.3, -0.25) is 4.79 Å². The molecule has 0 aromatic rings. The molecular formula is C9H11O2. The fourth-order valence-electron chi connectivity index (χ4n) is 1.02. The van der Waals surface area contributed by atoms with Gasteiger partial charge in [-0.2, -0.15) is 0 Å². The lowest BCUT2D eigenvalue weighted by Crippen LogP contribution is -1.97. The minimum atomic E-state index is -0.712. The van der Waals surface area contributed by atoms with Crippen molar-refractivity contribution in [3.05, 3.63) is 31.6 Å². The molecule has 0 saturated heterocycles. The van der Waals surface area contributed by atoms with Gasteiger partial charge >= 0.3 is 5.97 Å². The van der Waals surface area contributed by atoms with Crippen LogP contribution in [0.2, 0.25) is 0 Å². The van der Waals surface area contributed by atoms with E-state index in [0.717, 1.165) is 12.8 Å². The molecule has 1 saturated carbocycles. The zero-order chi connectivity index (χ0) is 8.10. The number of hydrogen-bond donors (Lipinski definition) is 1. The molecule has 0 amide bonds. The van der Waals surface area contributed by atoms with Gasteiger partial charge in [0.2, 0.25) is 0 Å². The molecule has 1 rings (SSSR count). The highest BCUT2D eigenvalue weighted by molar-refractivity contribution is 5.66. The molecule has 0 aliphatic heterocycles. The van der Waals surface area contributed by atoms with Gasteiger partial charge in [-0.15, -0.1) is 0 Å². The van der Waals surface area contributed by atoms with Crippen molar-refractivity contribution in [2.45, 2.75) is 19.3 Å².